The fourth-order valence-electron chi connectivity index (χ4n) is 2.29. The first kappa shape index (κ1) is 10.3. The van der Waals surface area contributed by atoms with Crippen LogP contribution in [0.1, 0.15) is 29.9 Å². The normalized spacial score (nSPS) is 24.3. The molecule has 0 bridgehead atoms. The Hall–Kier alpha value is -1.26. The quantitative estimate of drug-likeness (QED) is 0.737. The lowest BCUT2D eigenvalue weighted by molar-refractivity contribution is 0.300. The summed E-state index contributed by atoms with van der Waals surface area (Å²) in [5.74, 6) is 3.36. The van der Waals surface area contributed by atoms with Crippen molar-refractivity contribution in [2.24, 2.45) is 0 Å². The van der Waals surface area contributed by atoms with Gasteiger partial charge in [0, 0.05) is 6.04 Å². The van der Waals surface area contributed by atoms with E-state index >= 15 is 0 Å². The van der Waals surface area contributed by atoms with Crippen LogP contribution < -0.4 is 5.32 Å². The van der Waals surface area contributed by atoms with Crippen LogP contribution >= 0.6 is 0 Å². The predicted octanol–water partition coefficient (Wildman–Crippen LogP) is 2.46. The highest BCUT2D eigenvalue weighted by atomic mass is 14.9. The third-order valence-corrected chi connectivity index (χ3v) is 3.26. The minimum Gasteiger partial charge on any atom is -0.303 e. The van der Waals surface area contributed by atoms with Gasteiger partial charge in [-0.2, -0.15) is 0 Å². The summed E-state index contributed by atoms with van der Waals surface area (Å²) < 4.78 is 0. The maximum atomic E-state index is 5.21. The molecule has 0 amide bonds. The highest BCUT2D eigenvalue weighted by Gasteiger charge is 2.30. The lowest BCUT2D eigenvalue weighted by Crippen LogP contribution is -2.40. The molecule has 0 heterocycles. The van der Waals surface area contributed by atoms with Gasteiger partial charge < -0.3 is 5.32 Å². The molecule has 0 aromatic heterocycles. The summed E-state index contributed by atoms with van der Waals surface area (Å²) in [6, 6.07) is 9.30. The van der Waals surface area contributed by atoms with Crippen LogP contribution in [-0.2, 0) is 0 Å². The molecule has 15 heavy (non-hydrogen) atoms. The van der Waals surface area contributed by atoms with Gasteiger partial charge in [0.05, 0.1) is 6.54 Å². The van der Waals surface area contributed by atoms with Crippen molar-refractivity contribution < 1.29 is 0 Å². The van der Waals surface area contributed by atoms with E-state index < -0.39 is 0 Å². The molecule has 1 N–H and O–H groups in total. The Bertz CT molecular complexity index is 369. The second-order valence-corrected chi connectivity index (χ2v) is 4.31. The van der Waals surface area contributed by atoms with Gasteiger partial charge in [0.2, 0.25) is 0 Å². The van der Waals surface area contributed by atoms with Crippen LogP contribution in [0.5, 0.6) is 0 Å². The van der Waals surface area contributed by atoms with Gasteiger partial charge in [-0.25, -0.2) is 0 Å². The molecule has 1 saturated carbocycles. The Labute approximate surface area is 91.9 Å². The van der Waals surface area contributed by atoms with E-state index in [1.807, 2.05) is 0 Å². The van der Waals surface area contributed by atoms with Gasteiger partial charge in [0.25, 0.3) is 0 Å². The molecule has 1 aliphatic rings. The van der Waals surface area contributed by atoms with E-state index in [-0.39, 0.29) is 0 Å². The minimum absolute atomic E-state index is 0.630. The van der Waals surface area contributed by atoms with Crippen LogP contribution in [0.25, 0.3) is 0 Å². The van der Waals surface area contributed by atoms with Crippen molar-refractivity contribution in [3.63, 3.8) is 0 Å². The van der Waals surface area contributed by atoms with Gasteiger partial charge in [0.1, 0.15) is 0 Å². The highest BCUT2D eigenvalue weighted by molar-refractivity contribution is 5.31. The van der Waals surface area contributed by atoms with Crippen LogP contribution in [-0.4, -0.2) is 12.6 Å². The van der Waals surface area contributed by atoms with E-state index in [1.165, 1.54) is 24.0 Å². The van der Waals surface area contributed by atoms with Gasteiger partial charge in [-0.05, 0) is 36.8 Å². The second-order valence-electron chi connectivity index (χ2n) is 4.31. The minimum atomic E-state index is 0.630. The number of hydrogen-bond acceptors (Lipinski definition) is 1. The second kappa shape index (κ2) is 4.51. The molecule has 1 nitrogen and oxygen atoms in total. The molecule has 0 unspecified atom stereocenters. The maximum absolute atomic E-state index is 5.21. The monoisotopic (exact) mass is 199 g/mol. The fourth-order valence-corrected chi connectivity index (χ4v) is 2.29. The molecular formula is C14H17N. The molecule has 1 aliphatic carbocycles. The highest BCUT2D eigenvalue weighted by Crippen LogP contribution is 2.37. The summed E-state index contributed by atoms with van der Waals surface area (Å²) in [7, 11) is 0. The Kier molecular flexibility index (Phi) is 3.08. The van der Waals surface area contributed by atoms with Gasteiger partial charge in [-0.15, -0.1) is 6.42 Å². The van der Waals surface area contributed by atoms with E-state index in [1.54, 1.807) is 0 Å². The van der Waals surface area contributed by atoms with Gasteiger partial charge >= 0.3 is 0 Å². The molecule has 0 aliphatic heterocycles. The third kappa shape index (κ3) is 2.22. The molecule has 1 heteroatoms. The third-order valence-electron chi connectivity index (χ3n) is 3.26. The number of aryl methyl sites for hydroxylation is 1. The summed E-state index contributed by atoms with van der Waals surface area (Å²) in [5.41, 5.74) is 2.93. The first-order valence-corrected chi connectivity index (χ1v) is 5.53. The zero-order valence-corrected chi connectivity index (χ0v) is 9.16. The van der Waals surface area contributed by atoms with Gasteiger partial charge in [-0.3, -0.25) is 0 Å². The first-order valence-electron chi connectivity index (χ1n) is 5.53. The van der Waals surface area contributed by atoms with E-state index in [4.69, 9.17) is 6.42 Å². The van der Waals surface area contributed by atoms with Crippen molar-refractivity contribution in [2.45, 2.75) is 31.7 Å². The number of benzene rings is 1. The molecule has 78 valence electrons. The molecular weight excluding hydrogens is 182 g/mol. The standard InChI is InChI=1S/C14H17N/c1-3-8-15-13-9-12(10-13)14-7-5-4-6-11(14)2/h1,4-7,12-13,15H,8-10H2,2H3. The average Bonchev–Trinajstić information content (AvgIpc) is 2.18. The summed E-state index contributed by atoms with van der Waals surface area (Å²) in [6.45, 7) is 2.89. The lowest BCUT2D eigenvalue weighted by Gasteiger charge is -2.36. The number of rotatable bonds is 3. The van der Waals surface area contributed by atoms with Crippen LogP contribution in [0.2, 0.25) is 0 Å². The van der Waals surface area contributed by atoms with Gasteiger partial charge in [-0.1, -0.05) is 30.2 Å². The molecule has 1 fully saturated rings. The van der Waals surface area contributed by atoms with Crippen LogP contribution in [0.3, 0.4) is 0 Å². The number of hydrogen-bond donors (Lipinski definition) is 1. The van der Waals surface area contributed by atoms with Crippen LogP contribution in [0.4, 0.5) is 0 Å². The van der Waals surface area contributed by atoms with E-state index in [2.05, 4.69) is 42.4 Å². The Morgan fingerprint density at radius 3 is 2.80 bits per heavy atom. The van der Waals surface area contributed by atoms with E-state index in [9.17, 15) is 0 Å². The first-order chi connectivity index (χ1) is 7.31. The fraction of sp³-hybridized carbons (Fsp3) is 0.429. The van der Waals surface area contributed by atoms with Crippen molar-refractivity contribution in [2.75, 3.05) is 6.54 Å². The maximum Gasteiger partial charge on any atom is 0.0575 e. The summed E-state index contributed by atoms with van der Waals surface area (Å²) in [6.07, 6.45) is 7.67. The molecule has 0 spiro atoms. The number of nitrogens with one attached hydrogen (secondary N) is 1. The number of terminal acetylenes is 1. The smallest absolute Gasteiger partial charge is 0.0575 e. The Morgan fingerprint density at radius 2 is 2.13 bits per heavy atom. The van der Waals surface area contributed by atoms with Crippen LogP contribution in [0.15, 0.2) is 24.3 Å². The van der Waals surface area contributed by atoms with Crippen molar-refractivity contribution >= 4 is 0 Å². The zero-order valence-electron chi connectivity index (χ0n) is 9.16. The van der Waals surface area contributed by atoms with Gasteiger partial charge in [0.15, 0.2) is 0 Å². The molecule has 2 rings (SSSR count). The Morgan fingerprint density at radius 1 is 1.40 bits per heavy atom. The molecule has 0 radical (unpaired) electrons. The topological polar surface area (TPSA) is 12.0 Å². The van der Waals surface area contributed by atoms with Crippen molar-refractivity contribution in [1.82, 2.24) is 5.32 Å². The lowest BCUT2D eigenvalue weighted by atomic mass is 9.74. The average molecular weight is 199 g/mol. The van der Waals surface area contributed by atoms with Crippen molar-refractivity contribution in [1.29, 1.82) is 0 Å². The predicted molar refractivity (Wildman–Crippen MR) is 63.8 cm³/mol. The largest absolute Gasteiger partial charge is 0.303 e. The molecule has 0 atom stereocenters. The van der Waals surface area contributed by atoms with Crippen molar-refractivity contribution in [3.05, 3.63) is 35.4 Å². The van der Waals surface area contributed by atoms with E-state index in [0.717, 1.165) is 5.92 Å². The molecule has 0 saturated heterocycles. The van der Waals surface area contributed by atoms with Crippen LogP contribution in [0, 0.1) is 19.3 Å². The van der Waals surface area contributed by atoms with Crippen molar-refractivity contribution in [3.8, 4) is 12.3 Å². The molecule has 1 aromatic rings. The summed E-state index contributed by atoms with van der Waals surface area (Å²) in [5, 5.41) is 3.35. The summed E-state index contributed by atoms with van der Waals surface area (Å²) in [4.78, 5) is 0. The molecule has 1 aromatic carbocycles. The summed E-state index contributed by atoms with van der Waals surface area (Å²) >= 11 is 0. The SMILES string of the molecule is C#CCNC1CC(c2ccccc2C)C1. The zero-order chi connectivity index (χ0) is 10.7. The Balaban J connectivity index is 1.90. The van der Waals surface area contributed by atoms with E-state index in [0.29, 0.717) is 12.6 Å².